The van der Waals surface area contributed by atoms with Gasteiger partial charge in [-0.1, -0.05) is 30.3 Å². The first-order valence-corrected chi connectivity index (χ1v) is 10.6. The Labute approximate surface area is 195 Å². The number of hydrogen-bond acceptors (Lipinski definition) is 5. The lowest BCUT2D eigenvalue weighted by atomic mass is 10.1. The van der Waals surface area contributed by atoms with Gasteiger partial charge in [0.1, 0.15) is 12.1 Å². The second kappa shape index (κ2) is 11.3. The summed E-state index contributed by atoms with van der Waals surface area (Å²) in [5, 5.41) is 2.73. The van der Waals surface area contributed by atoms with E-state index in [1.165, 1.54) is 30.5 Å². The molecule has 0 saturated heterocycles. The fourth-order valence-electron chi connectivity index (χ4n) is 3.35. The van der Waals surface area contributed by atoms with Crippen LogP contribution in [0.4, 0.5) is 17.6 Å². The molecule has 1 N–H and O–H groups in total. The molecule has 0 aliphatic heterocycles. The fourth-order valence-corrected chi connectivity index (χ4v) is 3.35. The van der Waals surface area contributed by atoms with Crippen molar-refractivity contribution in [3.8, 4) is 0 Å². The monoisotopic (exact) mass is 478 g/mol. The highest BCUT2D eigenvalue weighted by Crippen LogP contribution is 2.32. The van der Waals surface area contributed by atoms with Gasteiger partial charge >= 0.3 is 6.18 Å². The lowest BCUT2D eigenvalue weighted by Gasteiger charge is -2.23. The second-order valence-corrected chi connectivity index (χ2v) is 8.11. The van der Waals surface area contributed by atoms with Crippen molar-refractivity contribution in [3.63, 3.8) is 0 Å². The molecule has 0 saturated carbocycles. The average molecular weight is 478 g/mol. The van der Waals surface area contributed by atoms with Gasteiger partial charge in [-0.15, -0.1) is 0 Å². The second-order valence-electron chi connectivity index (χ2n) is 8.11. The zero-order valence-electron chi connectivity index (χ0n) is 18.9. The minimum Gasteiger partial charge on any atom is -0.447 e. The molecule has 1 amide bonds. The summed E-state index contributed by atoms with van der Waals surface area (Å²) in [6.07, 6.45) is -3.28. The average Bonchev–Trinajstić information content (AvgIpc) is 3.23. The van der Waals surface area contributed by atoms with Gasteiger partial charge in [0.15, 0.2) is 5.69 Å². The molecule has 0 unspecified atom stereocenters. The third-order valence-electron chi connectivity index (χ3n) is 5.02. The Morgan fingerprint density at radius 3 is 2.41 bits per heavy atom. The van der Waals surface area contributed by atoms with Crippen molar-refractivity contribution in [1.29, 1.82) is 0 Å². The summed E-state index contributed by atoms with van der Waals surface area (Å²) in [5.41, 5.74) is 0.156. The summed E-state index contributed by atoms with van der Waals surface area (Å²) < 4.78 is 59.2. The number of carbonyl (C=O) groups excluding carboxylic acids is 1. The van der Waals surface area contributed by atoms with E-state index in [9.17, 15) is 22.4 Å². The molecule has 1 heterocycles. The van der Waals surface area contributed by atoms with E-state index in [0.29, 0.717) is 18.7 Å². The number of aromatic nitrogens is 1. The van der Waals surface area contributed by atoms with Crippen LogP contribution in [0, 0.1) is 5.82 Å². The highest BCUT2D eigenvalue weighted by atomic mass is 19.4. The summed E-state index contributed by atoms with van der Waals surface area (Å²) in [4.78, 5) is 20.1. The van der Waals surface area contributed by atoms with Crippen molar-refractivity contribution >= 4 is 5.91 Å². The van der Waals surface area contributed by atoms with Gasteiger partial charge in [-0.2, -0.15) is 13.2 Å². The molecular formula is C24H26F4N4O2. The van der Waals surface area contributed by atoms with Crippen molar-refractivity contribution in [2.45, 2.75) is 25.8 Å². The van der Waals surface area contributed by atoms with Crippen LogP contribution in [0.3, 0.4) is 0 Å². The number of amides is 1. The van der Waals surface area contributed by atoms with E-state index < -0.39 is 23.5 Å². The van der Waals surface area contributed by atoms with Gasteiger partial charge in [0.25, 0.3) is 5.91 Å². The van der Waals surface area contributed by atoms with E-state index >= 15 is 0 Å². The molecule has 0 radical (unpaired) electrons. The minimum atomic E-state index is -4.50. The highest BCUT2D eigenvalue weighted by Gasteiger charge is 2.33. The van der Waals surface area contributed by atoms with Gasteiger partial charge in [-0.05, 0) is 43.4 Å². The lowest BCUT2D eigenvalue weighted by molar-refractivity contribution is -0.138. The molecule has 182 valence electrons. The first kappa shape index (κ1) is 25.4. The smallest absolute Gasteiger partial charge is 0.416 e. The van der Waals surface area contributed by atoms with Crippen molar-refractivity contribution in [2.24, 2.45) is 0 Å². The van der Waals surface area contributed by atoms with E-state index in [1.54, 1.807) is 23.1 Å². The van der Waals surface area contributed by atoms with Gasteiger partial charge < -0.3 is 14.6 Å². The number of nitrogens with one attached hydrogen (secondary N) is 1. The Balaban J connectivity index is 1.78. The topological polar surface area (TPSA) is 61.6 Å². The maximum atomic E-state index is 13.5. The SMILES string of the molecule is CN(C)CCNC(=O)c1coc(CN(Cc2ccc(F)cc2)Cc2ccccc2C(F)(F)F)n1. The van der Waals surface area contributed by atoms with Gasteiger partial charge in [0, 0.05) is 26.2 Å². The van der Waals surface area contributed by atoms with Crippen LogP contribution in [0.1, 0.15) is 33.1 Å². The number of hydrogen-bond donors (Lipinski definition) is 1. The number of alkyl halides is 3. The number of carbonyl (C=O) groups is 1. The summed E-state index contributed by atoms with van der Waals surface area (Å²) in [5.74, 6) is -0.621. The van der Waals surface area contributed by atoms with Crippen molar-refractivity contribution in [2.75, 3.05) is 27.2 Å². The highest BCUT2D eigenvalue weighted by molar-refractivity contribution is 5.91. The molecule has 2 aromatic carbocycles. The fraction of sp³-hybridized carbons (Fsp3) is 0.333. The Morgan fingerprint density at radius 1 is 1.03 bits per heavy atom. The molecule has 0 spiro atoms. The van der Waals surface area contributed by atoms with Crippen LogP contribution in [0.15, 0.2) is 59.2 Å². The van der Waals surface area contributed by atoms with E-state index in [4.69, 9.17) is 4.42 Å². The number of rotatable bonds is 10. The first-order valence-electron chi connectivity index (χ1n) is 10.6. The third-order valence-corrected chi connectivity index (χ3v) is 5.02. The van der Waals surface area contributed by atoms with Gasteiger partial charge in [-0.25, -0.2) is 9.37 Å². The Morgan fingerprint density at radius 2 is 1.74 bits per heavy atom. The largest absolute Gasteiger partial charge is 0.447 e. The van der Waals surface area contributed by atoms with E-state index in [0.717, 1.165) is 6.07 Å². The first-order chi connectivity index (χ1) is 16.1. The van der Waals surface area contributed by atoms with Crippen molar-refractivity contribution in [3.05, 3.63) is 88.9 Å². The van der Waals surface area contributed by atoms with Gasteiger partial charge in [0.2, 0.25) is 5.89 Å². The standard InChI is InChI=1S/C24H26F4N4O2/c1-31(2)12-11-29-23(33)21-16-34-22(30-21)15-32(13-17-7-9-19(25)10-8-17)14-18-5-3-4-6-20(18)24(26,27)28/h3-10,16H,11-15H2,1-2H3,(H,29,33). The predicted molar refractivity (Wildman–Crippen MR) is 118 cm³/mol. The summed E-state index contributed by atoms with van der Waals surface area (Å²) >= 11 is 0. The molecule has 6 nitrogen and oxygen atoms in total. The molecular weight excluding hydrogens is 452 g/mol. The molecule has 0 fully saturated rings. The molecule has 0 aliphatic rings. The number of nitrogens with zero attached hydrogens (tertiary/aromatic N) is 3. The molecule has 10 heteroatoms. The van der Waals surface area contributed by atoms with Gasteiger partial charge in [-0.3, -0.25) is 9.69 Å². The maximum Gasteiger partial charge on any atom is 0.416 e. The summed E-state index contributed by atoms with van der Waals surface area (Å²) in [6.45, 7) is 1.30. The molecule has 3 rings (SSSR count). The van der Waals surface area contributed by atoms with Crippen LogP contribution >= 0.6 is 0 Å². The van der Waals surface area contributed by atoms with Gasteiger partial charge in [0.05, 0.1) is 12.1 Å². The molecule has 0 aliphatic carbocycles. The zero-order chi connectivity index (χ0) is 24.7. The Bertz CT molecular complexity index is 1080. The molecule has 3 aromatic rings. The number of halogens is 4. The van der Waals surface area contributed by atoms with E-state index in [-0.39, 0.29) is 36.8 Å². The van der Waals surface area contributed by atoms with Crippen LogP contribution < -0.4 is 5.32 Å². The number of oxazole rings is 1. The maximum absolute atomic E-state index is 13.5. The lowest BCUT2D eigenvalue weighted by Crippen LogP contribution is -2.31. The molecule has 0 atom stereocenters. The number of likely N-dealkylation sites (N-methyl/N-ethyl adjacent to an activating group) is 1. The van der Waals surface area contributed by atoms with Crippen LogP contribution in [0.2, 0.25) is 0 Å². The van der Waals surface area contributed by atoms with Crippen LogP contribution in [0.5, 0.6) is 0 Å². The van der Waals surface area contributed by atoms with E-state index in [1.807, 2.05) is 19.0 Å². The Hall–Kier alpha value is -3.24. The zero-order valence-corrected chi connectivity index (χ0v) is 18.9. The quantitative estimate of drug-likeness (QED) is 0.440. The third kappa shape index (κ3) is 7.39. The molecule has 34 heavy (non-hydrogen) atoms. The van der Waals surface area contributed by atoms with Crippen molar-refractivity contribution in [1.82, 2.24) is 20.1 Å². The predicted octanol–water partition coefficient (Wildman–Crippen LogP) is 4.33. The summed E-state index contributed by atoms with van der Waals surface area (Å²) in [6, 6.07) is 11.0. The number of benzene rings is 2. The van der Waals surface area contributed by atoms with Crippen LogP contribution in [-0.4, -0.2) is 47.9 Å². The molecule has 0 bridgehead atoms. The normalized spacial score (nSPS) is 11.9. The molecule has 1 aromatic heterocycles. The Kier molecular flexibility index (Phi) is 8.41. The summed E-state index contributed by atoms with van der Waals surface area (Å²) in [7, 11) is 3.76. The minimum absolute atomic E-state index is 0.0501. The van der Waals surface area contributed by atoms with Crippen molar-refractivity contribution < 1.29 is 26.8 Å². The van der Waals surface area contributed by atoms with E-state index in [2.05, 4.69) is 10.3 Å². The van der Waals surface area contributed by atoms with Crippen LogP contribution in [-0.2, 0) is 25.8 Å². The van der Waals surface area contributed by atoms with Crippen LogP contribution in [0.25, 0.3) is 0 Å².